The van der Waals surface area contributed by atoms with E-state index in [0.717, 1.165) is 12.8 Å². The van der Waals surface area contributed by atoms with E-state index >= 15 is 0 Å². The number of hydrogen-bond donors (Lipinski definition) is 1. The number of allylic oxidation sites excluding steroid dienone is 2. The molecular weight excluding hydrogens is 216 g/mol. The van der Waals surface area contributed by atoms with Gasteiger partial charge in [-0.05, 0) is 25.0 Å². The summed E-state index contributed by atoms with van der Waals surface area (Å²) in [5.41, 5.74) is 0.385. The summed E-state index contributed by atoms with van der Waals surface area (Å²) in [6.45, 7) is 0. The van der Waals surface area contributed by atoms with Crippen LogP contribution in [0.15, 0.2) is 45.6 Å². The molecule has 0 spiro atoms. The van der Waals surface area contributed by atoms with Crippen molar-refractivity contribution in [3.05, 3.63) is 52.4 Å². The maximum Gasteiger partial charge on any atom is 0.343 e. The largest absolute Gasteiger partial charge is 0.507 e. The average Bonchev–Trinajstić information content (AvgIpc) is 2.83. The van der Waals surface area contributed by atoms with Crippen LogP contribution in [0.25, 0.3) is 11.0 Å². The first-order chi connectivity index (χ1) is 8.27. The lowest BCUT2D eigenvalue weighted by atomic mass is 9.98. The Labute approximate surface area is 98.0 Å². The highest BCUT2D eigenvalue weighted by Crippen LogP contribution is 2.35. The zero-order valence-electron chi connectivity index (χ0n) is 9.22. The van der Waals surface area contributed by atoms with Crippen LogP contribution in [0.4, 0.5) is 0 Å². The summed E-state index contributed by atoms with van der Waals surface area (Å²) in [5, 5.41) is 10.8. The highest BCUT2D eigenvalue weighted by Gasteiger charge is 2.22. The van der Waals surface area contributed by atoms with Gasteiger partial charge < -0.3 is 9.52 Å². The van der Waals surface area contributed by atoms with E-state index in [4.69, 9.17) is 4.42 Å². The Bertz CT molecular complexity index is 652. The Morgan fingerprint density at radius 1 is 1.29 bits per heavy atom. The summed E-state index contributed by atoms with van der Waals surface area (Å²) < 4.78 is 5.24. The Morgan fingerprint density at radius 3 is 2.88 bits per heavy atom. The average molecular weight is 228 g/mol. The molecule has 3 nitrogen and oxygen atoms in total. The van der Waals surface area contributed by atoms with Crippen molar-refractivity contribution in [2.75, 3.05) is 0 Å². The fourth-order valence-corrected chi connectivity index (χ4v) is 2.35. The highest BCUT2D eigenvalue weighted by atomic mass is 16.4. The van der Waals surface area contributed by atoms with Crippen LogP contribution in [0.5, 0.6) is 5.75 Å². The van der Waals surface area contributed by atoms with Gasteiger partial charge in [0, 0.05) is 5.92 Å². The molecule has 0 fully saturated rings. The molecule has 1 aliphatic rings. The minimum Gasteiger partial charge on any atom is -0.507 e. The molecule has 1 aromatic heterocycles. The van der Waals surface area contributed by atoms with Gasteiger partial charge in [-0.25, -0.2) is 4.79 Å². The summed E-state index contributed by atoms with van der Waals surface area (Å²) in [6.07, 6.45) is 5.78. The molecule has 1 heterocycles. The molecule has 3 heteroatoms. The minimum absolute atomic E-state index is 0.0177. The maximum atomic E-state index is 11.9. The number of rotatable bonds is 1. The van der Waals surface area contributed by atoms with Gasteiger partial charge in [0.25, 0.3) is 0 Å². The van der Waals surface area contributed by atoms with E-state index < -0.39 is 5.63 Å². The highest BCUT2D eigenvalue weighted by molar-refractivity contribution is 5.84. The van der Waals surface area contributed by atoms with Crippen molar-refractivity contribution in [3.63, 3.8) is 0 Å². The molecule has 1 aromatic carbocycles. The number of fused-ring (bicyclic) bond motifs is 1. The van der Waals surface area contributed by atoms with Gasteiger partial charge in [0.05, 0.1) is 10.9 Å². The fourth-order valence-electron chi connectivity index (χ4n) is 2.35. The maximum absolute atomic E-state index is 11.9. The summed E-state index contributed by atoms with van der Waals surface area (Å²) in [6, 6.07) is 7.04. The Hall–Kier alpha value is -2.03. The molecule has 3 rings (SSSR count). The predicted octanol–water partition coefficient (Wildman–Crippen LogP) is 2.93. The summed E-state index contributed by atoms with van der Waals surface area (Å²) >= 11 is 0. The number of benzene rings is 1. The van der Waals surface area contributed by atoms with E-state index in [2.05, 4.69) is 0 Å². The molecule has 1 aliphatic carbocycles. The van der Waals surface area contributed by atoms with Gasteiger partial charge in [0.2, 0.25) is 0 Å². The van der Waals surface area contributed by atoms with Gasteiger partial charge in [-0.15, -0.1) is 0 Å². The van der Waals surface area contributed by atoms with Gasteiger partial charge in [0.15, 0.2) is 0 Å². The second-order valence-electron chi connectivity index (χ2n) is 4.26. The predicted molar refractivity (Wildman–Crippen MR) is 65.3 cm³/mol. The molecule has 0 saturated heterocycles. The third kappa shape index (κ3) is 1.55. The molecule has 1 unspecified atom stereocenters. The first-order valence-corrected chi connectivity index (χ1v) is 5.69. The van der Waals surface area contributed by atoms with Crippen molar-refractivity contribution >= 4 is 11.0 Å². The molecule has 0 bridgehead atoms. The number of aromatic hydroxyl groups is 1. The molecule has 86 valence electrons. The van der Waals surface area contributed by atoms with Crippen molar-refractivity contribution < 1.29 is 9.52 Å². The summed E-state index contributed by atoms with van der Waals surface area (Å²) in [7, 11) is 0. The fraction of sp³-hybridized carbons (Fsp3) is 0.214. The van der Waals surface area contributed by atoms with Crippen LogP contribution in [0.2, 0.25) is 0 Å². The van der Waals surface area contributed by atoms with Gasteiger partial charge in [-0.3, -0.25) is 0 Å². The van der Waals surface area contributed by atoms with Gasteiger partial charge >= 0.3 is 5.63 Å². The Kier molecular flexibility index (Phi) is 2.25. The van der Waals surface area contributed by atoms with Crippen LogP contribution in [0, 0.1) is 0 Å². The molecule has 0 radical (unpaired) electrons. The number of hydrogen-bond acceptors (Lipinski definition) is 3. The first kappa shape index (κ1) is 10.1. The molecule has 2 aromatic rings. The third-order valence-electron chi connectivity index (χ3n) is 3.20. The van der Waals surface area contributed by atoms with Crippen LogP contribution < -0.4 is 5.63 Å². The van der Waals surface area contributed by atoms with Gasteiger partial charge in [-0.2, -0.15) is 0 Å². The van der Waals surface area contributed by atoms with E-state index in [9.17, 15) is 9.90 Å². The zero-order chi connectivity index (χ0) is 11.8. The van der Waals surface area contributed by atoms with E-state index in [1.807, 2.05) is 18.2 Å². The standard InChI is InChI=1S/C14H12O3/c15-13-10-7-3-4-8-11(10)17-14(16)12(13)9-5-1-2-6-9/h1,3-5,7-9,15H,2,6H2. The summed E-state index contributed by atoms with van der Waals surface area (Å²) in [5.74, 6) is 0.0456. The van der Waals surface area contributed by atoms with Crippen LogP contribution in [-0.2, 0) is 0 Å². The van der Waals surface area contributed by atoms with Crippen LogP contribution in [-0.4, -0.2) is 5.11 Å². The Morgan fingerprint density at radius 2 is 2.12 bits per heavy atom. The molecule has 0 aliphatic heterocycles. The van der Waals surface area contributed by atoms with E-state index in [-0.39, 0.29) is 11.7 Å². The lowest BCUT2D eigenvalue weighted by molar-refractivity contribution is 0.451. The minimum atomic E-state index is -0.433. The molecule has 1 N–H and O–H groups in total. The topological polar surface area (TPSA) is 50.4 Å². The number of para-hydroxylation sites is 1. The monoisotopic (exact) mass is 228 g/mol. The SMILES string of the molecule is O=c1oc2ccccc2c(O)c1C1C=CCC1. The molecule has 1 atom stereocenters. The zero-order valence-corrected chi connectivity index (χ0v) is 9.22. The molecule has 0 amide bonds. The van der Waals surface area contributed by atoms with E-state index in [0.29, 0.717) is 16.5 Å². The van der Waals surface area contributed by atoms with Crippen molar-refractivity contribution in [1.82, 2.24) is 0 Å². The van der Waals surface area contributed by atoms with Crippen molar-refractivity contribution in [2.24, 2.45) is 0 Å². The van der Waals surface area contributed by atoms with Crippen molar-refractivity contribution in [3.8, 4) is 5.75 Å². The van der Waals surface area contributed by atoms with Gasteiger partial charge in [-0.1, -0.05) is 24.3 Å². The van der Waals surface area contributed by atoms with Crippen molar-refractivity contribution in [2.45, 2.75) is 18.8 Å². The van der Waals surface area contributed by atoms with Crippen LogP contribution in [0.3, 0.4) is 0 Å². The van der Waals surface area contributed by atoms with Crippen LogP contribution >= 0.6 is 0 Å². The lowest BCUT2D eigenvalue weighted by Gasteiger charge is -2.10. The van der Waals surface area contributed by atoms with E-state index in [1.54, 1.807) is 18.2 Å². The normalized spacial score (nSPS) is 18.9. The lowest BCUT2D eigenvalue weighted by Crippen LogP contribution is -2.10. The van der Waals surface area contributed by atoms with Crippen molar-refractivity contribution in [1.29, 1.82) is 0 Å². The Balaban J connectivity index is 2.31. The quantitative estimate of drug-likeness (QED) is 0.603. The third-order valence-corrected chi connectivity index (χ3v) is 3.20. The van der Waals surface area contributed by atoms with Gasteiger partial charge in [0.1, 0.15) is 11.3 Å². The summed E-state index contributed by atoms with van der Waals surface area (Å²) in [4.78, 5) is 11.9. The molecule has 0 saturated carbocycles. The van der Waals surface area contributed by atoms with E-state index in [1.165, 1.54) is 0 Å². The second-order valence-corrected chi connectivity index (χ2v) is 4.26. The molecule has 17 heavy (non-hydrogen) atoms. The first-order valence-electron chi connectivity index (χ1n) is 5.69. The smallest absolute Gasteiger partial charge is 0.343 e. The second kappa shape index (κ2) is 3.77. The molecular formula is C14H12O3. The van der Waals surface area contributed by atoms with Crippen LogP contribution in [0.1, 0.15) is 24.3 Å².